The van der Waals surface area contributed by atoms with Crippen LogP contribution in [-0.4, -0.2) is 0 Å². The fourth-order valence-corrected chi connectivity index (χ4v) is 2.50. The molecule has 0 radical (unpaired) electrons. The smallest absolute Gasteiger partial charge is 0.0151 e. The van der Waals surface area contributed by atoms with E-state index in [2.05, 4.69) is 69.0 Å². The highest BCUT2D eigenvalue weighted by molar-refractivity contribution is 8.08. The minimum Gasteiger partial charge on any atom is -0.0898 e. The van der Waals surface area contributed by atoms with E-state index in [-0.39, 0.29) is 0 Å². The van der Waals surface area contributed by atoms with Crippen molar-refractivity contribution >= 4 is 16.7 Å². The van der Waals surface area contributed by atoms with Crippen LogP contribution in [0.15, 0.2) is 60.0 Å². The standard InChI is InChI=1S/C16H16S/c1-12-8-10-15(11-9-12)14(3)17-16-7-5-4-6-13(16)2/h4-11H,3H2,1-2H3. The number of hydrogen-bond donors (Lipinski definition) is 0. The zero-order valence-electron chi connectivity index (χ0n) is 10.2. The molecule has 0 atom stereocenters. The molecule has 0 aliphatic heterocycles. The molecule has 2 aromatic rings. The molecule has 0 aliphatic carbocycles. The maximum Gasteiger partial charge on any atom is 0.0151 e. The van der Waals surface area contributed by atoms with Crippen LogP contribution in [0.2, 0.25) is 0 Å². The summed E-state index contributed by atoms with van der Waals surface area (Å²) in [4.78, 5) is 2.37. The van der Waals surface area contributed by atoms with Gasteiger partial charge in [0.1, 0.15) is 0 Å². The molecule has 2 rings (SSSR count). The lowest BCUT2D eigenvalue weighted by Crippen LogP contribution is -1.82. The number of benzene rings is 2. The monoisotopic (exact) mass is 240 g/mol. The molecule has 1 heteroatoms. The van der Waals surface area contributed by atoms with Crippen molar-refractivity contribution in [2.75, 3.05) is 0 Å². The van der Waals surface area contributed by atoms with Crippen molar-refractivity contribution in [2.45, 2.75) is 18.7 Å². The Balaban J connectivity index is 2.17. The molecule has 0 aromatic heterocycles. The summed E-state index contributed by atoms with van der Waals surface area (Å²) in [5, 5.41) is 0. The van der Waals surface area contributed by atoms with Crippen LogP contribution in [0.25, 0.3) is 4.91 Å². The van der Waals surface area contributed by atoms with Crippen molar-refractivity contribution in [3.05, 3.63) is 71.8 Å². The summed E-state index contributed by atoms with van der Waals surface area (Å²) in [5.41, 5.74) is 3.78. The molecule has 0 unspecified atom stereocenters. The van der Waals surface area contributed by atoms with E-state index in [4.69, 9.17) is 0 Å². The van der Waals surface area contributed by atoms with Crippen molar-refractivity contribution in [3.8, 4) is 0 Å². The first-order valence-electron chi connectivity index (χ1n) is 5.66. The maximum absolute atomic E-state index is 4.15. The van der Waals surface area contributed by atoms with E-state index in [0.29, 0.717) is 0 Å². The number of hydrogen-bond acceptors (Lipinski definition) is 1. The second kappa shape index (κ2) is 5.24. The molecule has 17 heavy (non-hydrogen) atoms. The fraction of sp³-hybridized carbons (Fsp3) is 0.125. The van der Waals surface area contributed by atoms with Gasteiger partial charge in [-0.25, -0.2) is 0 Å². The van der Waals surface area contributed by atoms with Crippen LogP contribution >= 0.6 is 11.8 Å². The predicted octanol–water partition coefficient (Wildman–Crippen LogP) is 5.07. The molecule has 0 saturated carbocycles. The predicted molar refractivity (Wildman–Crippen MR) is 77.2 cm³/mol. The molecular weight excluding hydrogens is 224 g/mol. The molecule has 2 aromatic carbocycles. The summed E-state index contributed by atoms with van der Waals surface area (Å²) in [6.45, 7) is 8.38. The van der Waals surface area contributed by atoms with Gasteiger partial charge in [0.15, 0.2) is 0 Å². The summed E-state index contributed by atoms with van der Waals surface area (Å²) in [7, 11) is 0. The van der Waals surface area contributed by atoms with E-state index < -0.39 is 0 Å². The van der Waals surface area contributed by atoms with E-state index in [1.54, 1.807) is 11.8 Å². The van der Waals surface area contributed by atoms with Crippen molar-refractivity contribution < 1.29 is 0 Å². The van der Waals surface area contributed by atoms with Crippen LogP contribution in [0.1, 0.15) is 16.7 Å². The average Bonchev–Trinajstić information content (AvgIpc) is 2.33. The van der Waals surface area contributed by atoms with Gasteiger partial charge in [-0.3, -0.25) is 0 Å². The number of thioether (sulfide) groups is 1. The molecule has 0 aliphatic rings. The van der Waals surface area contributed by atoms with Gasteiger partial charge in [-0.05, 0) is 31.0 Å². The van der Waals surface area contributed by atoms with E-state index in [1.807, 2.05) is 0 Å². The third-order valence-corrected chi connectivity index (χ3v) is 3.86. The molecule has 0 heterocycles. The highest BCUT2D eigenvalue weighted by Gasteiger charge is 2.03. The van der Waals surface area contributed by atoms with Crippen LogP contribution in [0.3, 0.4) is 0 Å². The summed E-state index contributed by atoms with van der Waals surface area (Å²) in [5.74, 6) is 0. The first-order chi connectivity index (χ1) is 8.16. The van der Waals surface area contributed by atoms with Crippen LogP contribution in [0, 0.1) is 13.8 Å². The first-order valence-corrected chi connectivity index (χ1v) is 6.48. The second-order valence-corrected chi connectivity index (χ2v) is 5.29. The maximum atomic E-state index is 4.15. The molecule has 0 spiro atoms. The van der Waals surface area contributed by atoms with Crippen LogP contribution in [-0.2, 0) is 0 Å². The zero-order chi connectivity index (χ0) is 12.3. The molecule has 0 saturated heterocycles. The molecule has 0 nitrogen and oxygen atoms in total. The third-order valence-electron chi connectivity index (χ3n) is 2.70. The summed E-state index contributed by atoms with van der Waals surface area (Å²) < 4.78 is 0. The van der Waals surface area contributed by atoms with Crippen molar-refractivity contribution in [1.82, 2.24) is 0 Å². The number of rotatable bonds is 3. The molecule has 0 N–H and O–H groups in total. The van der Waals surface area contributed by atoms with Gasteiger partial charge in [0, 0.05) is 9.80 Å². The normalized spacial score (nSPS) is 10.2. The third kappa shape index (κ3) is 3.01. The molecule has 0 amide bonds. The summed E-state index contributed by atoms with van der Waals surface area (Å²) >= 11 is 1.73. The van der Waals surface area contributed by atoms with E-state index in [0.717, 1.165) is 4.91 Å². The van der Waals surface area contributed by atoms with Gasteiger partial charge >= 0.3 is 0 Å². The topological polar surface area (TPSA) is 0 Å². The van der Waals surface area contributed by atoms with Gasteiger partial charge in [-0.2, -0.15) is 0 Å². The van der Waals surface area contributed by atoms with E-state index in [1.165, 1.54) is 21.6 Å². The van der Waals surface area contributed by atoms with Crippen LogP contribution in [0.5, 0.6) is 0 Å². The Morgan fingerprint density at radius 1 is 0.941 bits per heavy atom. The van der Waals surface area contributed by atoms with Gasteiger partial charge in [0.05, 0.1) is 0 Å². The Bertz CT molecular complexity index is 523. The average molecular weight is 240 g/mol. The molecule has 86 valence electrons. The molecule has 0 bridgehead atoms. The Morgan fingerprint density at radius 3 is 2.24 bits per heavy atom. The second-order valence-electron chi connectivity index (χ2n) is 4.16. The van der Waals surface area contributed by atoms with E-state index in [9.17, 15) is 0 Å². The Kier molecular flexibility index (Phi) is 3.70. The van der Waals surface area contributed by atoms with Crippen molar-refractivity contribution in [3.63, 3.8) is 0 Å². The highest BCUT2D eigenvalue weighted by Crippen LogP contribution is 2.34. The minimum atomic E-state index is 1.10. The summed E-state index contributed by atoms with van der Waals surface area (Å²) in [6.07, 6.45) is 0. The van der Waals surface area contributed by atoms with Crippen molar-refractivity contribution in [1.29, 1.82) is 0 Å². The molecular formula is C16H16S. The van der Waals surface area contributed by atoms with Crippen molar-refractivity contribution in [2.24, 2.45) is 0 Å². The Morgan fingerprint density at radius 2 is 1.59 bits per heavy atom. The quantitative estimate of drug-likeness (QED) is 0.675. The van der Waals surface area contributed by atoms with Gasteiger partial charge < -0.3 is 0 Å². The highest BCUT2D eigenvalue weighted by atomic mass is 32.2. The Hall–Kier alpha value is -1.47. The van der Waals surface area contributed by atoms with E-state index >= 15 is 0 Å². The van der Waals surface area contributed by atoms with Gasteiger partial charge in [-0.1, -0.05) is 66.4 Å². The minimum absolute atomic E-state index is 1.10. The first kappa shape index (κ1) is 12.0. The SMILES string of the molecule is C=C(Sc1ccccc1C)c1ccc(C)cc1. The Labute approximate surface area is 107 Å². The van der Waals surface area contributed by atoms with Crippen LogP contribution < -0.4 is 0 Å². The van der Waals surface area contributed by atoms with Gasteiger partial charge in [0.25, 0.3) is 0 Å². The largest absolute Gasteiger partial charge is 0.0898 e. The number of aryl methyl sites for hydroxylation is 2. The zero-order valence-corrected chi connectivity index (χ0v) is 11.1. The summed E-state index contributed by atoms with van der Waals surface area (Å²) in [6, 6.07) is 16.9. The lowest BCUT2D eigenvalue weighted by atomic mass is 10.1. The lowest BCUT2D eigenvalue weighted by Gasteiger charge is -2.08. The van der Waals surface area contributed by atoms with Gasteiger partial charge in [-0.15, -0.1) is 0 Å². The van der Waals surface area contributed by atoms with Gasteiger partial charge in [0.2, 0.25) is 0 Å². The van der Waals surface area contributed by atoms with Crippen LogP contribution in [0.4, 0.5) is 0 Å². The lowest BCUT2D eigenvalue weighted by molar-refractivity contribution is 1.31. The molecule has 0 fully saturated rings. The fourth-order valence-electron chi connectivity index (χ4n) is 1.60.